The second kappa shape index (κ2) is 8.14. The van der Waals surface area contributed by atoms with E-state index in [2.05, 4.69) is 10.4 Å². The zero-order valence-corrected chi connectivity index (χ0v) is 13.8. The summed E-state index contributed by atoms with van der Waals surface area (Å²) in [4.78, 5) is 25.1. The number of carbonyl (C=O) groups excluding carboxylic acids is 1. The topological polar surface area (TPSA) is 87.5 Å². The van der Waals surface area contributed by atoms with E-state index in [0.717, 1.165) is 11.1 Å². The van der Waals surface area contributed by atoms with E-state index in [9.17, 15) is 14.7 Å². The Balaban J connectivity index is 1.88. The lowest BCUT2D eigenvalue weighted by atomic mass is 10.1. The lowest BCUT2D eigenvalue weighted by Crippen LogP contribution is -2.48. The van der Waals surface area contributed by atoms with Crippen LogP contribution in [0.1, 0.15) is 11.1 Å². The fraction of sp³-hybridized carbons (Fsp3) is 0.353. The summed E-state index contributed by atoms with van der Waals surface area (Å²) < 4.78 is 1.70. The first-order valence-electron chi connectivity index (χ1n) is 7.71. The number of rotatable bonds is 7. The maximum Gasteiger partial charge on any atom is 0.326 e. The van der Waals surface area contributed by atoms with Crippen LogP contribution in [-0.4, -0.2) is 51.4 Å². The minimum Gasteiger partial charge on any atom is -0.480 e. The quantitative estimate of drug-likeness (QED) is 0.801. The highest BCUT2D eigenvalue weighted by atomic mass is 16.4. The maximum absolute atomic E-state index is 12.2. The Bertz CT molecular complexity index is 684. The van der Waals surface area contributed by atoms with E-state index in [0.29, 0.717) is 13.0 Å². The van der Waals surface area contributed by atoms with E-state index < -0.39 is 18.0 Å². The van der Waals surface area contributed by atoms with E-state index in [-0.39, 0.29) is 6.42 Å². The molecule has 2 rings (SSSR count). The number of carboxylic acid groups (broad SMARTS) is 1. The summed E-state index contributed by atoms with van der Waals surface area (Å²) in [5.74, 6) is -1.05. The standard InChI is InChI=1S/C17H22N4O3/c1-20(9-8-14-11-18-21(2)12-14)17(24)19-15(16(22)23)10-13-6-4-3-5-7-13/h3-7,11-12,15H,8-10H2,1-2H3,(H,19,24)(H,22,23)/t15-/m0/s1. The van der Waals surface area contributed by atoms with Gasteiger partial charge in [-0.3, -0.25) is 4.68 Å². The van der Waals surface area contributed by atoms with Gasteiger partial charge in [-0.2, -0.15) is 5.10 Å². The highest BCUT2D eigenvalue weighted by Crippen LogP contribution is 2.05. The smallest absolute Gasteiger partial charge is 0.326 e. The Kier molecular flexibility index (Phi) is 5.95. The van der Waals surface area contributed by atoms with Crippen molar-refractivity contribution in [2.75, 3.05) is 13.6 Å². The molecule has 128 valence electrons. The summed E-state index contributed by atoms with van der Waals surface area (Å²) in [7, 11) is 3.48. The molecule has 24 heavy (non-hydrogen) atoms. The highest BCUT2D eigenvalue weighted by Gasteiger charge is 2.22. The molecule has 1 heterocycles. The number of benzene rings is 1. The predicted octanol–water partition coefficient (Wildman–Crippen LogP) is 1.30. The zero-order chi connectivity index (χ0) is 17.5. The van der Waals surface area contributed by atoms with Crippen LogP contribution in [0.5, 0.6) is 0 Å². The van der Waals surface area contributed by atoms with Crippen LogP contribution in [0.15, 0.2) is 42.7 Å². The number of urea groups is 1. The van der Waals surface area contributed by atoms with Crippen LogP contribution in [0.2, 0.25) is 0 Å². The van der Waals surface area contributed by atoms with Crippen LogP contribution in [0, 0.1) is 0 Å². The van der Waals surface area contributed by atoms with Crippen molar-refractivity contribution < 1.29 is 14.7 Å². The van der Waals surface area contributed by atoms with Crippen molar-refractivity contribution >= 4 is 12.0 Å². The number of carbonyl (C=O) groups is 2. The monoisotopic (exact) mass is 330 g/mol. The normalized spacial score (nSPS) is 11.8. The van der Waals surface area contributed by atoms with Gasteiger partial charge in [-0.05, 0) is 17.5 Å². The van der Waals surface area contributed by atoms with Crippen molar-refractivity contribution in [3.05, 3.63) is 53.9 Å². The summed E-state index contributed by atoms with van der Waals surface area (Å²) in [6, 6.07) is 7.88. The van der Waals surface area contributed by atoms with Crippen LogP contribution in [0.4, 0.5) is 4.79 Å². The number of likely N-dealkylation sites (N-methyl/N-ethyl adjacent to an activating group) is 1. The number of aliphatic carboxylic acids is 1. The number of carboxylic acids is 1. The molecule has 0 radical (unpaired) electrons. The first-order chi connectivity index (χ1) is 11.5. The van der Waals surface area contributed by atoms with Gasteiger partial charge in [0.15, 0.2) is 0 Å². The van der Waals surface area contributed by atoms with E-state index in [1.807, 2.05) is 43.6 Å². The lowest BCUT2D eigenvalue weighted by molar-refractivity contribution is -0.139. The predicted molar refractivity (Wildman–Crippen MR) is 89.6 cm³/mol. The largest absolute Gasteiger partial charge is 0.480 e. The van der Waals surface area contributed by atoms with Crippen LogP contribution >= 0.6 is 0 Å². The Hall–Kier alpha value is -2.83. The number of aromatic nitrogens is 2. The molecule has 0 aliphatic heterocycles. The maximum atomic E-state index is 12.2. The fourth-order valence-electron chi connectivity index (χ4n) is 2.31. The summed E-state index contributed by atoms with van der Waals surface area (Å²) in [5.41, 5.74) is 1.89. The molecule has 2 amide bonds. The summed E-state index contributed by atoms with van der Waals surface area (Å²) >= 11 is 0. The highest BCUT2D eigenvalue weighted by molar-refractivity contribution is 5.82. The molecule has 2 N–H and O–H groups in total. The molecule has 0 saturated carbocycles. The summed E-state index contributed by atoms with van der Waals surface area (Å²) in [6.45, 7) is 0.481. The Morgan fingerprint density at radius 2 is 2.00 bits per heavy atom. The second-order valence-corrected chi connectivity index (χ2v) is 5.72. The van der Waals surface area contributed by atoms with Gasteiger partial charge in [0.2, 0.25) is 0 Å². The third-order valence-electron chi connectivity index (χ3n) is 3.72. The first kappa shape index (κ1) is 17.5. The van der Waals surface area contributed by atoms with Gasteiger partial charge >= 0.3 is 12.0 Å². The second-order valence-electron chi connectivity index (χ2n) is 5.72. The minimum atomic E-state index is -1.05. The molecule has 0 unspecified atom stereocenters. The van der Waals surface area contributed by atoms with Gasteiger partial charge in [-0.15, -0.1) is 0 Å². The molecular formula is C17H22N4O3. The average Bonchev–Trinajstić information content (AvgIpc) is 2.98. The molecule has 0 saturated heterocycles. The zero-order valence-electron chi connectivity index (χ0n) is 13.8. The number of aryl methyl sites for hydroxylation is 1. The molecule has 0 bridgehead atoms. The summed E-state index contributed by atoms with van der Waals surface area (Å²) in [5, 5.41) is 16.0. The first-order valence-corrected chi connectivity index (χ1v) is 7.71. The van der Waals surface area contributed by atoms with Crippen LogP contribution in [0.3, 0.4) is 0 Å². The molecular weight excluding hydrogens is 308 g/mol. The molecule has 1 aromatic carbocycles. The van der Waals surface area contributed by atoms with E-state index in [1.165, 1.54) is 4.90 Å². The number of nitrogens with zero attached hydrogens (tertiary/aromatic N) is 3. The molecule has 0 fully saturated rings. The molecule has 0 aliphatic rings. The van der Waals surface area contributed by atoms with E-state index >= 15 is 0 Å². The molecule has 0 aliphatic carbocycles. The van der Waals surface area contributed by atoms with Gasteiger partial charge in [0, 0.05) is 33.3 Å². The number of hydrogen-bond acceptors (Lipinski definition) is 3. The number of nitrogens with one attached hydrogen (secondary N) is 1. The molecule has 1 aromatic heterocycles. The van der Waals surface area contributed by atoms with Gasteiger partial charge in [0.25, 0.3) is 0 Å². The van der Waals surface area contributed by atoms with Crippen LogP contribution in [-0.2, 0) is 24.7 Å². The van der Waals surface area contributed by atoms with Crippen molar-refractivity contribution in [3.63, 3.8) is 0 Å². The molecule has 7 heteroatoms. The summed E-state index contributed by atoms with van der Waals surface area (Å²) in [6.07, 6.45) is 4.55. The van der Waals surface area contributed by atoms with Gasteiger partial charge in [-0.1, -0.05) is 30.3 Å². The van der Waals surface area contributed by atoms with E-state index in [4.69, 9.17) is 0 Å². The van der Waals surface area contributed by atoms with Gasteiger partial charge in [-0.25, -0.2) is 9.59 Å². The molecule has 0 spiro atoms. The Labute approximate surface area is 140 Å². The van der Waals surface area contributed by atoms with Gasteiger partial charge < -0.3 is 15.3 Å². The molecule has 2 aromatic rings. The van der Waals surface area contributed by atoms with Crippen molar-refractivity contribution in [2.45, 2.75) is 18.9 Å². The Morgan fingerprint density at radius 3 is 2.58 bits per heavy atom. The van der Waals surface area contributed by atoms with Gasteiger partial charge in [0.1, 0.15) is 6.04 Å². The van der Waals surface area contributed by atoms with Crippen molar-refractivity contribution in [1.29, 1.82) is 0 Å². The number of hydrogen-bond donors (Lipinski definition) is 2. The van der Waals surface area contributed by atoms with E-state index in [1.54, 1.807) is 17.9 Å². The van der Waals surface area contributed by atoms with Crippen molar-refractivity contribution in [1.82, 2.24) is 20.0 Å². The van der Waals surface area contributed by atoms with Crippen LogP contribution < -0.4 is 5.32 Å². The Morgan fingerprint density at radius 1 is 1.29 bits per heavy atom. The third kappa shape index (κ3) is 5.12. The third-order valence-corrected chi connectivity index (χ3v) is 3.72. The van der Waals surface area contributed by atoms with Crippen molar-refractivity contribution in [3.8, 4) is 0 Å². The molecule has 7 nitrogen and oxygen atoms in total. The van der Waals surface area contributed by atoms with Gasteiger partial charge in [0.05, 0.1) is 6.20 Å². The SMILES string of the molecule is CN(CCc1cnn(C)c1)C(=O)N[C@@H](Cc1ccccc1)C(=O)O. The molecule has 1 atom stereocenters. The van der Waals surface area contributed by atoms with Crippen LogP contribution in [0.25, 0.3) is 0 Å². The van der Waals surface area contributed by atoms with Crippen molar-refractivity contribution in [2.24, 2.45) is 7.05 Å². The number of amides is 2. The fourth-order valence-corrected chi connectivity index (χ4v) is 2.31. The average molecular weight is 330 g/mol. The minimum absolute atomic E-state index is 0.248. The lowest BCUT2D eigenvalue weighted by Gasteiger charge is -2.21.